The molecule has 0 aliphatic heterocycles. The van der Waals surface area contributed by atoms with E-state index in [-0.39, 0.29) is 0 Å². The van der Waals surface area contributed by atoms with Crippen LogP contribution in [0.3, 0.4) is 0 Å². The summed E-state index contributed by atoms with van der Waals surface area (Å²) in [6, 6.07) is 17.7. The topological polar surface area (TPSA) is 9.23 Å². The molecule has 1 atom stereocenters. The molecule has 0 radical (unpaired) electrons. The number of rotatable bonds is 11. The van der Waals surface area contributed by atoms with E-state index in [2.05, 4.69) is 68.5 Å². The van der Waals surface area contributed by atoms with Crippen molar-refractivity contribution in [3.8, 4) is 16.9 Å². The summed E-state index contributed by atoms with van der Waals surface area (Å²) in [4.78, 5) is 0. The van der Waals surface area contributed by atoms with Crippen molar-refractivity contribution in [2.75, 3.05) is 6.61 Å². The highest BCUT2D eigenvalue weighted by molar-refractivity contribution is 5.71. The van der Waals surface area contributed by atoms with E-state index in [1.54, 1.807) is 5.57 Å². The van der Waals surface area contributed by atoms with Gasteiger partial charge >= 0.3 is 0 Å². The largest absolute Gasteiger partial charge is 0.494 e. The second kappa shape index (κ2) is 11.9. The van der Waals surface area contributed by atoms with Crippen LogP contribution in [0.1, 0.15) is 83.6 Å². The summed E-state index contributed by atoms with van der Waals surface area (Å²) in [5.74, 6) is 1.88. The van der Waals surface area contributed by atoms with Crippen LogP contribution in [0.25, 0.3) is 16.7 Å². The van der Waals surface area contributed by atoms with Crippen LogP contribution in [0.2, 0.25) is 0 Å². The highest BCUT2D eigenvalue weighted by Crippen LogP contribution is 2.33. The Bertz CT molecular complexity index is 739. The summed E-state index contributed by atoms with van der Waals surface area (Å²) >= 11 is 0. The first-order chi connectivity index (χ1) is 14.3. The highest BCUT2D eigenvalue weighted by atomic mass is 16.5. The zero-order valence-electron chi connectivity index (χ0n) is 18.5. The molecule has 0 bridgehead atoms. The molecule has 0 fully saturated rings. The molecule has 1 unspecified atom stereocenters. The van der Waals surface area contributed by atoms with Crippen molar-refractivity contribution in [1.29, 1.82) is 0 Å². The lowest BCUT2D eigenvalue weighted by atomic mass is 9.83. The van der Waals surface area contributed by atoms with Gasteiger partial charge in [0, 0.05) is 0 Å². The summed E-state index contributed by atoms with van der Waals surface area (Å²) in [5, 5.41) is 0. The molecule has 29 heavy (non-hydrogen) atoms. The van der Waals surface area contributed by atoms with E-state index >= 15 is 0 Å². The predicted octanol–water partition coefficient (Wildman–Crippen LogP) is 8.69. The van der Waals surface area contributed by atoms with Crippen molar-refractivity contribution in [3.63, 3.8) is 0 Å². The number of unbranched alkanes of at least 4 members (excludes halogenated alkanes) is 4. The summed E-state index contributed by atoms with van der Waals surface area (Å²) in [5.41, 5.74) is 5.47. The Morgan fingerprint density at radius 3 is 2.00 bits per heavy atom. The molecule has 1 aliphatic rings. The number of hydrogen-bond donors (Lipinski definition) is 0. The molecule has 0 aromatic heterocycles. The molecule has 156 valence electrons. The van der Waals surface area contributed by atoms with Gasteiger partial charge in [0.25, 0.3) is 0 Å². The molecular weight excluding hydrogens is 352 g/mol. The summed E-state index contributed by atoms with van der Waals surface area (Å²) < 4.78 is 5.83. The van der Waals surface area contributed by atoms with Crippen molar-refractivity contribution < 1.29 is 4.74 Å². The normalized spacial score (nSPS) is 16.5. The molecular formula is C28H38O. The van der Waals surface area contributed by atoms with Crippen LogP contribution in [0, 0.1) is 5.92 Å². The lowest BCUT2D eigenvalue weighted by molar-refractivity contribution is 0.306. The fraction of sp³-hybridized carbons (Fsp3) is 0.500. The molecule has 1 heteroatoms. The predicted molar refractivity (Wildman–Crippen MR) is 126 cm³/mol. The molecule has 2 aromatic rings. The van der Waals surface area contributed by atoms with Crippen molar-refractivity contribution in [2.24, 2.45) is 5.92 Å². The van der Waals surface area contributed by atoms with E-state index in [9.17, 15) is 0 Å². The van der Waals surface area contributed by atoms with Crippen molar-refractivity contribution >= 4 is 5.57 Å². The smallest absolute Gasteiger partial charge is 0.119 e. The average Bonchev–Trinajstić information content (AvgIpc) is 2.78. The second-order valence-corrected chi connectivity index (χ2v) is 8.52. The highest BCUT2D eigenvalue weighted by Gasteiger charge is 2.15. The van der Waals surface area contributed by atoms with Gasteiger partial charge in [0.2, 0.25) is 0 Å². The summed E-state index contributed by atoms with van der Waals surface area (Å²) in [7, 11) is 0. The van der Waals surface area contributed by atoms with Gasteiger partial charge in [-0.3, -0.25) is 0 Å². The monoisotopic (exact) mass is 390 g/mol. The molecule has 3 rings (SSSR count). The van der Waals surface area contributed by atoms with E-state index in [0.717, 1.165) is 24.7 Å². The minimum atomic E-state index is 0.816. The minimum Gasteiger partial charge on any atom is -0.494 e. The average molecular weight is 391 g/mol. The van der Waals surface area contributed by atoms with Gasteiger partial charge in [0.1, 0.15) is 5.75 Å². The Labute approximate surface area is 178 Å². The Morgan fingerprint density at radius 2 is 1.38 bits per heavy atom. The van der Waals surface area contributed by atoms with Crippen molar-refractivity contribution in [3.05, 3.63) is 60.2 Å². The van der Waals surface area contributed by atoms with Gasteiger partial charge in [-0.05, 0) is 66.0 Å². The fourth-order valence-corrected chi connectivity index (χ4v) is 4.26. The van der Waals surface area contributed by atoms with Gasteiger partial charge in [-0.15, -0.1) is 0 Å². The first-order valence-corrected chi connectivity index (χ1v) is 11.8. The van der Waals surface area contributed by atoms with E-state index < -0.39 is 0 Å². The first kappa shape index (κ1) is 21.7. The number of benzene rings is 2. The minimum absolute atomic E-state index is 0.816. The molecule has 0 N–H and O–H groups in total. The molecule has 1 aliphatic carbocycles. The van der Waals surface area contributed by atoms with Gasteiger partial charge in [-0.1, -0.05) is 94.8 Å². The van der Waals surface area contributed by atoms with Gasteiger partial charge in [0.15, 0.2) is 0 Å². The quantitative estimate of drug-likeness (QED) is 0.349. The van der Waals surface area contributed by atoms with E-state index in [1.807, 2.05) is 0 Å². The third-order valence-electron chi connectivity index (χ3n) is 6.20. The zero-order valence-corrected chi connectivity index (χ0v) is 18.5. The Morgan fingerprint density at radius 1 is 0.759 bits per heavy atom. The van der Waals surface area contributed by atoms with Crippen molar-refractivity contribution in [2.45, 2.75) is 78.1 Å². The zero-order chi connectivity index (χ0) is 20.3. The van der Waals surface area contributed by atoms with E-state index in [4.69, 9.17) is 4.74 Å². The Hall–Kier alpha value is -2.02. The molecule has 0 spiro atoms. The van der Waals surface area contributed by atoms with E-state index in [0.29, 0.717) is 0 Å². The van der Waals surface area contributed by atoms with Crippen molar-refractivity contribution in [1.82, 2.24) is 0 Å². The molecule has 2 aromatic carbocycles. The number of allylic oxidation sites excluding steroid dienone is 2. The maximum atomic E-state index is 5.83. The Kier molecular flexibility index (Phi) is 8.86. The number of hydrogen-bond acceptors (Lipinski definition) is 1. The Balaban J connectivity index is 1.53. The maximum absolute atomic E-state index is 5.83. The van der Waals surface area contributed by atoms with Gasteiger partial charge < -0.3 is 4.74 Å². The maximum Gasteiger partial charge on any atom is 0.119 e. The van der Waals surface area contributed by atoms with Crippen LogP contribution in [0.4, 0.5) is 0 Å². The van der Waals surface area contributed by atoms with Crippen LogP contribution in [-0.4, -0.2) is 6.61 Å². The molecule has 0 amide bonds. The second-order valence-electron chi connectivity index (χ2n) is 8.52. The van der Waals surface area contributed by atoms with Gasteiger partial charge in [-0.25, -0.2) is 0 Å². The summed E-state index contributed by atoms with van der Waals surface area (Å²) in [6.07, 6.45) is 15.5. The van der Waals surface area contributed by atoms with Crippen LogP contribution in [0.15, 0.2) is 54.6 Å². The standard InChI is InChI=1S/C28H38O/c1-3-5-7-9-23-10-12-24(13-11-23)25-14-16-26(17-15-25)27-18-20-28(21-19-27)29-22-8-6-4-2/h12,14-21,23H,3-11,13,22H2,1-2H3. The molecule has 0 saturated heterocycles. The number of ether oxygens (including phenoxy) is 1. The van der Waals surface area contributed by atoms with E-state index in [1.165, 1.54) is 74.5 Å². The molecule has 0 saturated carbocycles. The third-order valence-corrected chi connectivity index (χ3v) is 6.20. The molecule has 0 heterocycles. The fourth-order valence-electron chi connectivity index (χ4n) is 4.26. The third kappa shape index (κ3) is 6.77. The van der Waals surface area contributed by atoms with Gasteiger partial charge in [-0.2, -0.15) is 0 Å². The lowest BCUT2D eigenvalue weighted by Gasteiger charge is -2.22. The lowest BCUT2D eigenvalue weighted by Crippen LogP contribution is -2.05. The molecule has 1 nitrogen and oxygen atoms in total. The SMILES string of the molecule is CCCCCOc1ccc(-c2ccc(C3=CCC(CCCCC)CC3)cc2)cc1. The van der Waals surface area contributed by atoms with Crippen LogP contribution in [0.5, 0.6) is 5.75 Å². The summed E-state index contributed by atoms with van der Waals surface area (Å²) in [6.45, 7) is 5.33. The van der Waals surface area contributed by atoms with Gasteiger partial charge in [0.05, 0.1) is 6.61 Å². The van der Waals surface area contributed by atoms with Crippen LogP contribution in [-0.2, 0) is 0 Å². The van der Waals surface area contributed by atoms with Crippen LogP contribution < -0.4 is 4.74 Å². The first-order valence-electron chi connectivity index (χ1n) is 11.8. The van der Waals surface area contributed by atoms with Crippen LogP contribution >= 0.6 is 0 Å².